The zero-order valence-corrected chi connectivity index (χ0v) is 14.2. The second kappa shape index (κ2) is 8.05. The molecule has 7 heteroatoms. The lowest BCUT2D eigenvalue weighted by molar-refractivity contribution is -0.124. The molecular formula is C15H18N2O3S2. The molecule has 0 saturated carbocycles. The zero-order valence-electron chi connectivity index (χ0n) is 12.5. The third-order valence-electron chi connectivity index (χ3n) is 2.90. The highest BCUT2D eigenvalue weighted by atomic mass is 32.1. The van der Waals surface area contributed by atoms with E-state index in [9.17, 15) is 9.59 Å². The van der Waals surface area contributed by atoms with E-state index in [0.29, 0.717) is 17.1 Å². The molecule has 0 aliphatic heterocycles. The highest BCUT2D eigenvalue weighted by Crippen LogP contribution is 2.31. The topological polar surface area (TPSA) is 68.3 Å². The molecule has 0 radical (unpaired) electrons. The fraction of sp³-hybridized carbons (Fsp3) is 0.400. The van der Waals surface area contributed by atoms with Crippen molar-refractivity contribution in [3.63, 3.8) is 0 Å². The number of carbonyl (C=O) groups is 2. The van der Waals surface area contributed by atoms with Crippen LogP contribution < -0.4 is 5.32 Å². The number of hydrogen-bond acceptors (Lipinski definition) is 6. The Hall–Kier alpha value is -1.73. The van der Waals surface area contributed by atoms with Gasteiger partial charge >= 0.3 is 5.97 Å². The summed E-state index contributed by atoms with van der Waals surface area (Å²) in [4.78, 5) is 29.4. The summed E-state index contributed by atoms with van der Waals surface area (Å²) >= 11 is 2.86. The molecule has 0 aliphatic rings. The van der Waals surface area contributed by atoms with Crippen LogP contribution in [0.25, 0.3) is 9.88 Å². The predicted molar refractivity (Wildman–Crippen MR) is 88.4 cm³/mol. The molecule has 2 aromatic heterocycles. The van der Waals surface area contributed by atoms with Gasteiger partial charge in [0, 0.05) is 6.54 Å². The van der Waals surface area contributed by atoms with Gasteiger partial charge in [0.1, 0.15) is 9.88 Å². The van der Waals surface area contributed by atoms with Crippen molar-refractivity contribution in [2.24, 2.45) is 0 Å². The van der Waals surface area contributed by atoms with Gasteiger partial charge < -0.3 is 10.1 Å². The Morgan fingerprint density at radius 1 is 1.41 bits per heavy atom. The normalized spacial score (nSPS) is 10.5. The van der Waals surface area contributed by atoms with Crippen molar-refractivity contribution in [3.05, 3.63) is 28.1 Å². The SMILES string of the molecule is CCCCNC(=O)COC(=O)c1sc(-c2cccs2)nc1C. The van der Waals surface area contributed by atoms with Gasteiger partial charge in [0.2, 0.25) is 0 Å². The van der Waals surface area contributed by atoms with Crippen LogP contribution in [0, 0.1) is 6.92 Å². The highest BCUT2D eigenvalue weighted by Gasteiger charge is 2.18. The van der Waals surface area contributed by atoms with Gasteiger partial charge in [-0.1, -0.05) is 19.4 Å². The minimum atomic E-state index is -0.497. The summed E-state index contributed by atoms with van der Waals surface area (Å²) in [6.07, 6.45) is 1.92. The maximum Gasteiger partial charge on any atom is 0.350 e. The minimum Gasteiger partial charge on any atom is -0.451 e. The number of esters is 1. The van der Waals surface area contributed by atoms with Gasteiger partial charge in [-0.25, -0.2) is 9.78 Å². The lowest BCUT2D eigenvalue weighted by Gasteiger charge is -2.05. The predicted octanol–water partition coefficient (Wildman–Crippen LogP) is 3.25. The third kappa shape index (κ3) is 4.38. The smallest absolute Gasteiger partial charge is 0.350 e. The molecule has 0 atom stereocenters. The molecule has 0 aromatic carbocycles. The first-order chi connectivity index (χ1) is 10.6. The van der Waals surface area contributed by atoms with Gasteiger partial charge in [-0.2, -0.15) is 0 Å². The van der Waals surface area contributed by atoms with E-state index in [0.717, 1.165) is 22.7 Å². The lowest BCUT2D eigenvalue weighted by Crippen LogP contribution is -2.29. The molecular weight excluding hydrogens is 320 g/mol. The van der Waals surface area contributed by atoms with Gasteiger partial charge in [-0.05, 0) is 24.8 Å². The first kappa shape index (κ1) is 16.6. The monoisotopic (exact) mass is 338 g/mol. The van der Waals surface area contributed by atoms with E-state index in [4.69, 9.17) is 4.74 Å². The van der Waals surface area contributed by atoms with Gasteiger partial charge in [-0.15, -0.1) is 22.7 Å². The number of thiazole rings is 1. The first-order valence-electron chi connectivity index (χ1n) is 7.07. The van der Waals surface area contributed by atoms with Crippen molar-refractivity contribution >= 4 is 34.6 Å². The fourth-order valence-corrected chi connectivity index (χ4v) is 3.50. The van der Waals surface area contributed by atoms with Crippen LogP contribution in [0.3, 0.4) is 0 Å². The van der Waals surface area contributed by atoms with Crippen molar-refractivity contribution in [2.75, 3.05) is 13.2 Å². The summed E-state index contributed by atoms with van der Waals surface area (Å²) in [5, 5.41) is 5.47. The lowest BCUT2D eigenvalue weighted by atomic mass is 10.3. The minimum absolute atomic E-state index is 0.256. The molecule has 0 bridgehead atoms. The van der Waals surface area contributed by atoms with Crippen LogP contribution in [0.15, 0.2) is 17.5 Å². The molecule has 1 N–H and O–H groups in total. The molecule has 0 fully saturated rings. The van der Waals surface area contributed by atoms with Crippen molar-refractivity contribution in [1.82, 2.24) is 10.3 Å². The molecule has 2 rings (SSSR count). The van der Waals surface area contributed by atoms with Gasteiger partial charge in [0.05, 0.1) is 10.6 Å². The standard InChI is InChI=1S/C15H18N2O3S2/c1-3-4-7-16-12(18)9-20-15(19)13-10(2)17-14(22-13)11-6-5-8-21-11/h5-6,8H,3-4,7,9H2,1-2H3,(H,16,18). The van der Waals surface area contributed by atoms with E-state index < -0.39 is 5.97 Å². The average Bonchev–Trinajstić information content (AvgIpc) is 3.14. The van der Waals surface area contributed by atoms with E-state index >= 15 is 0 Å². The van der Waals surface area contributed by atoms with Crippen LogP contribution in [0.4, 0.5) is 0 Å². The Morgan fingerprint density at radius 3 is 2.91 bits per heavy atom. The van der Waals surface area contributed by atoms with Crippen LogP contribution in [0.2, 0.25) is 0 Å². The summed E-state index contributed by atoms with van der Waals surface area (Å²) in [6, 6.07) is 3.90. The first-order valence-corrected chi connectivity index (χ1v) is 8.76. The number of thiophene rings is 1. The van der Waals surface area contributed by atoms with Gasteiger partial charge in [-0.3, -0.25) is 4.79 Å². The van der Waals surface area contributed by atoms with Crippen LogP contribution in [0.1, 0.15) is 35.1 Å². The van der Waals surface area contributed by atoms with Crippen molar-refractivity contribution in [3.8, 4) is 9.88 Å². The van der Waals surface area contributed by atoms with E-state index in [1.807, 2.05) is 24.4 Å². The van der Waals surface area contributed by atoms with Crippen LogP contribution >= 0.6 is 22.7 Å². The summed E-state index contributed by atoms with van der Waals surface area (Å²) < 4.78 is 5.05. The number of nitrogens with one attached hydrogen (secondary N) is 1. The van der Waals surface area contributed by atoms with Crippen molar-refractivity contribution < 1.29 is 14.3 Å². The quantitative estimate of drug-likeness (QED) is 0.621. The molecule has 0 spiro atoms. The van der Waals surface area contributed by atoms with E-state index in [1.165, 1.54) is 11.3 Å². The number of aryl methyl sites for hydroxylation is 1. The molecule has 0 aliphatic carbocycles. The number of hydrogen-bond donors (Lipinski definition) is 1. The maximum atomic E-state index is 12.1. The molecule has 0 saturated heterocycles. The summed E-state index contributed by atoms with van der Waals surface area (Å²) in [7, 11) is 0. The fourth-order valence-electron chi connectivity index (χ4n) is 1.74. The van der Waals surface area contributed by atoms with E-state index in [1.54, 1.807) is 18.3 Å². The zero-order chi connectivity index (χ0) is 15.9. The largest absolute Gasteiger partial charge is 0.451 e. The Labute approximate surface area is 137 Å². The van der Waals surface area contributed by atoms with Crippen molar-refractivity contribution in [2.45, 2.75) is 26.7 Å². The molecule has 5 nitrogen and oxygen atoms in total. The number of aromatic nitrogens is 1. The second-order valence-electron chi connectivity index (χ2n) is 4.69. The molecule has 118 valence electrons. The summed E-state index contributed by atoms with van der Waals surface area (Å²) in [5.41, 5.74) is 0.629. The molecule has 2 heterocycles. The number of ether oxygens (including phenoxy) is 1. The van der Waals surface area contributed by atoms with E-state index in [-0.39, 0.29) is 12.5 Å². The van der Waals surface area contributed by atoms with Crippen LogP contribution in [-0.4, -0.2) is 30.0 Å². The van der Waals surface area contributed by atoms with Crippen molar-refractivity contribution in [1.29, 1.82) is 0 Å². The summed E-state index contributed by atoms with van der Waals surface area (Å²) in [5.74, 6) is -0.772. The molecule has 22 heavy (non-hydrogen) atoms. The third-order valence-corrected chi connectivity index (χ3v) is 5.08. The van der Waals surface area contributed by atoms with Crippen LogP contribution in [0.5, 0.6) is 0 Å². The number of amides is 1. The Balaban J connectivity index is 1.91. The van der Waals surface area contributed by atoms with Crippen LogP contribution in [-0.2, 0) is 9.53 Å². The Bertz CT molecular complexity index is 635. The van der Waals surface area contributed by atoms with Gasteiger partial charge in [0.15, 0.2) is 6.61 Å². The molecule has 2 aromatic rings. The number of carbonyl (C=O) groups excluding carboxylic acids is 2. The number of unbranched alkanes of at least 4 members (excludes halogenated alkanes) is 1. The maximum absolute atomic E-state index is 12.1. The summed E-state index contributed by atoms with van der Waals surface area (Å²) in [6.45, 7) is 4.17. The Morgan fingerprint density at radius 2 is 2.23 bits per heavy atom. The Kier molecular flexibility index (Phi) is 6.09. The molecule has 1 amide bonds. The average molecular weight is 338 g/mol. The molecule has 0 unspecified atom stereocenters. The van der Waals surface area contributed by atoms with Gasteiger partial charge in [0.25, 0.3) is 5.91 Å². The second-order valence-corrected chi connectivity index (χ2v) is 6.64. The van der Waals surface area contributed by atoms with E-state index in [2.05, 4.69) is 10.3 Å². The number of nitrogens with zero attached hydrogens (tertiary/aromatic N) is 1. The highest BCUT2D eigenvalue weighted by molar-refractivity contribution is 7.22. The number of rotatable bonds is 7.